The van der Waals surface area contributed by atoms with Crippen molar-refractivity contribution in [3.05, 3.63) is 59.4 Å². The van der Waals surface area contributed by atoms with Crippen LogP contribution < -0.4 is 0 Å². The van der Waals surface area contributed by atoms with Gasteiger partial charge in [-0.05, 0) is 61.6 Å². The van der Waals surface area contributed by atoms with Gasteiger partial charge in [0.2, 0.25) is 0 Å². The lowest BCUT2D eigenvalue weighted by Gasteiger charge is -2.12. The highest BCUT2D eigenvalue weighted by molar-refractivity contribution is 5.97. The predicted molar refractivity (Wildman–Crippen MR) is 110 cm³/mol. The van der Waals surface area contributed by atoms with Crippen molar-refractivity contribution in [3.63, 3.8) is 0 Å². The summed E-state index contributed by atoms with van der Waals surface area (Å²) in [5.41, 5.74) is 4.73. The Bertz CT molecular complexity index is 1000. The number of aliphatic carboxylic acids is 1. The van der Waals surface area contributed by atoms with Gasteiger partial charge in [0, 0.05) is 24.1 Å². The fraction of sp³-hybridized carbons (Fsp3) is 0.348. The Morgan fingerprint density at radius 2 is 1.86 bits per heavy atom. The van der Waals surface area contributed by atoms with Crippen LogP contribution in [0.3, 0.4) is 0 Å². The average molecular weight is 378 g/mol. The van der Waals surface area contributed by atoms with Crippen LogP contribution in [0, 0.1) is 5.92 Å². The van der Waals surface area contributed by atoms with Crippen molar-refractivity contribution in [1.82, 2.24) is 9.55 Å². The summed E-state index contributed by atoms with van der Waals surface area (Å²) in [4.78, 5) is 27.1. The van der Waals surface area contributed by atoms with E-state index in [1.807, 2.05) is 18.2 Å². The zero-order valence-corrected chi connectivity index (χ0v) is 16.6. The molecule has 0 spiro atoms. The third-order valence-electron chi connectivity index (χ3n) is 5.08. The van der Waals surface area contributed by atoms with E-state index in [1.165, 1.54) is 5.56 Å². The predicted octanol–water partition coefficient (Wildman–Crippen LogP) is 4.83. The van der Waals surface area contributed by atoms with Crippen LogP contribution >= 0.6 is 0 Å². The number of rotatable bonds is 8. The number of carboxylic acids is 1. The van der Waals surface area contributed by atoms with Crippen molar-refractivity contribution >= 4 is 22.8 Å². The summed E-state index contributed by atoms with van der Waals surface area (Å²) in [7, 11) is 0. The number of carbonyl (C=O) groups excluding carboxylic acids is 1. The molecule has 0 aliphatic rings. The van der Waals surface area contributed by atoms with E-state index >= 15 is 0 Å². The van der Waals surface area contributed by atoms with Crippen LogP contribution in [-0.2, 0) is 17.6 Å². The molecule has 1 aromatic heterocycles. The zero-order valence-electron chi connectivity index (χ0n) is 16.6. The summed E-state index contributed by atoms with van der Waals surface area (Å²) in [6, 6.07) is 14.0. The number of hydrogen-bond donors (Lipinski definition) is 1. The lowest BCUT2D eigenvalue weighted by Crippen LogP contribution is -2.05. The number of ketones is 1. The summed E-state index contributed by atoms with van der Waals surface area (Å²) < 4.78 is 2.14. The van der Waals surface area contributed by atoms with Gasteiger partial charge in [0.15, 0.2) is 5.78 Å². The number of carboxylic acid groups (broad SMARTS) is 1. The molecule has 1 N–H and O–H groups in total. The lowest BCUT2D eigenvalue weighted by atomic mass is 9.96. The van der Waals surface area contributed by atoms with E-state index in [4.69, 9.17) is 10.1 Å². The van der Waals surface area contributed by atoms with Crippen molar-refractivity contribution in [2.24, 2.45) is 5.92 Å². The van der Waals surface area contributed by atoms with Crippen LogP contribution in [-0.4, -0.2) is 26.4 Å². The maximum atomic E-state index is 11.7. The summed E-state index contributed by atoms with van der Waals surface area (Å²) in [6.07, 6.45) is 2.54. The minimum Gasteiger partial charge on any atom is -0.481 e. The van der Waals surface area contributed by atoms with Crippen molar-refractivity contribution < 1.29 is 14.7 Å². The maximum Gasteiger partial charge on any atom is 0.303 e. The molecular formula is C23H26N2O3. The molecule has 3 rings (SSSR count). The molecule has 28 heavy (non-hydrogen) atoms. The molecule has 0 saturated carbocycles. The Kier molecular flexibility index (Phi) is 5.93. The van der Waals surface area contributed by atoms with Crippen LogP contribution in [0.5, 0.6) is 0 Å². The van der Waals surface area contributed by atoms with Crippen LogP contribution in [0.1, 0.15) is 55.4 Å². The number of carbonyl (C=O) groups is 2. The number of benzene rings is 2. The zero-order chi connectivity index (χ0) is 20.3. The third-order valence-corrected chi connectivity index (χ3v) is 5.08. The highest BCUT2D eigenvalue weighted by Crippen LogP contribution is 2.24. The molecule has 0 unspecified atom stereocenters. The van der Waals surface area contributed by atoms with Gasteiger partial charge in [-0.1, -0.05) is 26.0 Å². The summed E-state index contributed by atoms with van der Waals surface area (Å²) in [6.45, 7) is 5.72. The number of Topliss-reactive ketones (excluding diaryl/α,β-unsaturated/α-hetero) is 1. The molecule has 2 aromatic carbocycles. The molecule has 1 atom stereocenters. The molecule has 0 fully saturated rings. The molecule has 1 heterocycles. The summed E-state index contributed by atoms with van der Waals surface area (Å²) in [5.74, 6) is 0.579. The van der Waals surface area contributed by atoms with Gasteiger partial charge in [0.05, 0.1) is 11.0 Å². The monoisotopic (exact) mass is 378 g/mol. The average Bonchev–Trinajstić information content (AvgIpc) is 3.04. The molecule has 5 nitrogen and oxygen atoms in total. The van der Waals surface area contributed by atoms with Crippen LogP contribution in [0.4, 0.5) is 0 Å². The Labute approximate surface area is 165 Å². The van der Waals surface area contributed by atoms with Gasteiger partial charge in [-0.25, -0.2) is 4.98 Å². The first-order valence-electron chi connectivity index (χ1n) is 9.72. The maximum absolute atomic E-state index is 11.7. The number of imidazole rings is 1. The van der Waals surface area contributed by atoms with Crippen LogP contribution in [0.15, 0.2) is 42.5 Å². The number of aryl methyl sites for hydroxylation is 1. The van der Waals surface area contributed by atoms with Gasteiger partial charge in [-0.15, -0.1) is 0 Å². The van der Waals surface area contributed by atoms with E-state index in [2.05, 4.69) is 42.7 Å². The number of hydrogen-bond acceptors (Lipinski definition) is 3. The molecular weight excluding hydrogens is 352 g/mol. The van der Waals surface area contributed by atoms with Crippen LogP contribution in [0.25, 0.3) is 16.7 Å². The van der Waals surface area contributed by atoms with E-state index in [9.17, 15) is 9.59 Å². The SMILES string of the molecule is CCc1nc2cc(C(C)=O)ccc2n1-c1ccc(C[C@H](C)CCC(=O)O)cc1. The van der Waals surface area contributed by atoms with E-state index in [1.54, 1.807) is 6.92 Å². The fourth-order valence-corrected chi connectivity index (χ4v) is 3.53. The molecule has 0 radical (unpaired) electrons. The van der Waals surface area contributed by atoms with Crippen molar-refractivity contribution in [2.45, 2.75) is 46.5 Å². The second-order valence-electron chi connectivity index (χ2n) is 7.38. The molecule has 0 bridgehead atoms. The second kappa shape index (κ2) is 8.38. The Morgan fingerprint density at radius 1 is 1.14 bits per heavy atom. The first kappa shape index (κ1) is 19.8. The number of fused-ring (bicyclic) bond motifs is 1. The lowest BCUT2D eigenvalue weighted by molar-refractivity contribution is -0.137. The highest BCUT2D eigenvalue weighted by Gasteiger charge is 2.13. The molecule has 0 aliphatic carbocycles. The molecule has 5 heteroatoms. The van der Waals surface area contributed by atoms with Gasteiger partial charge in [-0.2, -0.15) is 0 Å². The molecule has 0 amide bonds. The smallest absolute Gasteiger partial charge is 0.303 e. The fourth-order valence-electron chi connectivity index (χ4n) is 3.53. The van der Waals surface area contributed by atoms with Crippen LogP contribution in [0.2, 0.25) is 0 Å². The summed E-state index contributed by atoms with van der Waals surface area (Å²) >= 11 is 0. The van der Waals surface area contributed by atoms with E-state index in [0.717, 1.165) is 35.4 Å². The minimum absolute atomic E-state index is 0.0378. The quantitative estimate of drug-likeness (QED) is 0.570. The van der Waals surface area contributed by atoms with Crippen molar-refractivity contribution in [3.8, 4) is 5.69 Å². The standard InChI is InChI=1S/C23H26N2O3/c1-4-22-24-20-14-18(16(3)26)8-11-21(20)25(22)19-9-6-17(7-10-19)13-15(2)5-12-23(27)28/h6-11,14-15H,4-5,12-13H2,1-3H3,(H,27,28)/t15-/m1/s1. The highest BCUT2D eigenvalue weighted by atomic mass is 16.4. The normalized spacial score (nSPS) is 12.2. The molecule has 146 valence electrons. The molecule has 0 saturated heterocycles. The summed E-state index contributed by atoms with van der Waals surface area (Å²) in [5, 5.41) is 8.83. The van der Waals surface area contributed by atoms with Gasteiger partial charge in [0.1, 0.15) is 5.82 Å². The number of aromatic nitrogens is 2. The Balaban J connectivity index is 1.88. The van der Waals surface area contributed by atoms with Crippen molar-refractivity contribution in [1.29, 1.82) is 0 Å². The minimum atomic E-state index is -0.741. The van der Waals surface area contributed by atoms with Gasteiger partial charge < -0.3 is 5.11 Å². The van der Waals surface area contributed by atoms with E-state index in [0.29, 0.717) is 17.9 Å². The van der Waals surface area contributed by atoms with Gasteiger partial charge in [0.25, 0.3) is 0 Å². The third kappa shape index (κ3) is 4.30. The topological polar surface area (TPSA) is 72.2 Å². The Hall–Kier alpha value is -2.95. The van der Waals surface area contributed by atoms with E-state index < -0.39 is 5.97 Å². The van der Waals surface area contributed by atoms with Gasteiger partial charge >= 0.3 is 5.97 Å². The van der Waals surface area contributed by atoms with E-state index in [-0.39, 0.29) is 12.2 Å². The first-order chi connectivity index (χ1) is 13.4. The second-order valence-corrected chi connectivity index (χ2v) is 7.38. The van der Waals surface area contributed by atoms with Crippen molar-refractivity contribution in [2.75, 3.05) is 0 Å². The largest absolute Gasteiger partial charge is 0.481 e. The molecule has 3 aromatic rings. The number of nitrogens with zero attached hydrogens (tertiary/aromatic N) is 2. The first-order valence-corrected chi connectivity index (χ1v) is 9.72. The Morgan fingerprint density at radius 3 is 2.46 bits per heavy atom. The van der Waals surface area contributed by atoms with Gasteiger partial charge in [-0.3, -0.25) is 14.2 Å². The molecule has 0 aliphatic heterocycles.